The van der Waals surface area contributed by atoms with Crippen molar-refractivity contribution in [3.05, 3.63) is 28.8 Å². The lowest BCUT2D eigenvalue weighted by Crippen LogP contribution is -2.01. The van der Waals surface area contributed by atoms with Crippen LogP contribution in [0, 0.1) is 13.8 Å². The molecule has 0 saturated heterocycles. The van der Waals surface area contributed by atoms with Crippen molar-refractivity contribution in [3.63, 3.8) is 0 Å². The summed E-state index contributed by atoms with van der Waals surface area (Å²) in [6, 6.07) is 3.65. The molecule has 0 fully saturated rings. The van der Waals surface area contributed by atoms with E-state index in [4.69, 9.17) is 0 Å². The van der Waals surface area contributed by atoms with E-state index in [1.54, 1.807) is 6.07 Å². The fourth-order valence-electron chi connectivity index (χ4n) is 1.64. The minimum absolute atomic E-state index is 0.0427. The summed E-state index contributed by atoms with van der Waals surface area (Å²) in [6.07, 6.45) is 2.40. The lowest BCUT2D eigenvalue weighted by atomic mass is 9.99. The van der Waals surface area contributed by atoms with E-state index in [1.807, 2.05) is 19.9 Å². The Balaban J connectivity index is 2.98. The van der Waals surface area contributed by atoms with Gasteiger partial charge in [0.1, 0.15) is 5.75 Å². The summed E-state index contributed by atoms with van der Waals surface area (Å²) in [7, 11) is 0. The van der Waals surface area contributed by atoms with Gasteiger partial charge < -0.3 is 5.11 Å². The molecule has 2 heteroatoms. The largest absolute Gasteiger partial charge is 0.507 e. The zero-order chi connectivity index (χ0) is 11.4. The zero-order valence-electron chi connectivity index (χ0n) is 9.63. The number of rotatable bonds is 4. The summed E-state index contributed by atoms with van der Waals surface area (Å²) < 4.78 is 0. The van der Waals surface area contributed by atoms with E-state index in [0.29, 0.717) is 12.0 Å². The van der Waals surface area contributed by atoms with Crippen LogP contribution >= 0.6 is 0 Å². The molecule has 0 aliphatic carbocycles. The van der Waals surface area contributed by atoms with Gasteiger partial charge in [-0.3, -0.25) is 4.79 Å². The topological polar surface area (TPSA) is 37.3 Å². The van der Waals surface area contributed by atoms with Gasteiger partial charge in [-0.1, -0.05) is 19.4 Å². The van der Waals surface area contributed by atoms with E-state index in [0.717, 1.165) is 24.0 Å². The van der Waals surface area contributed by atoms with E-state index >= 15 is 0 Å². The highest BCUT2D eigenvalue weighted by Gasteiger charge is 2.12. The zero-order valence-corrected chi connectivity index (χ0v) is 9.63. The van der Waals surface area contributed by atoms with Crippen LogP contribution in [0.2, 0.25) is 0 Å². The maximum absolute atomic E-state index is 11.8. The van der Waals surface area contributed by atoms with Crippen molar-refractivity contribution >= 4 is 5.78 Å². The summed E-state index contributed by atoms with van der Waals surface area (Å²) in [5.41, 5.74) is 2.26. The summed E-state index contributed by atoms with van der Waals surface area (Å²) in [5, 5.41) is 9.77. The third-order valence-corrected chi connectivity index (χ3v) is 2.50. The number of hydrogen-bond donors (Lipinski definition) is 1. The molecule has 82 valence electrons. The van der Waals surface area contributed by atoms with Crippen LogP contribution in [0.1, 0.15) is 47.7 Å². The number of unbranched alkanes of at least 4 members (excludes halogenated alkanes) is 1. The molecule has 0 aliphatic heterocycles. The number of phenolic OH excluding ortho intramolecular Hbond substituents is 1. The van der Waals surface area contributed by atoms with Gasteiger partial charge >= 0.3 is 0 Å². The molecule has 0 saturated carbocycles. The number of Topliss-reactive ketones (excluding diaryl/α,β-unsaturated/α-hetero) is 1. The molecule has 0 spiro atoms. The predicted molar refractivity (Wildman–Crippen MR) is 61.4 cm³/mol. The number of carbonyl (C=O) groups is 1. The first-order valence-electron chi connectivity index (χ1n) is 5.39. The number of hydrogen-bond acceptors (Lipinski definition) is 2. The normalized spacial score (nSPS) is 10.3. The Bertz CT molecular complexity index is 367. The monoisotopic (exact) mass is 206 g/mol. The van der Waals surface area contributed by atoms with Crippen LogP contribution < -0.4 is 0 Å². The van der Waals surface area contributed by atoms with Gasteiger partial charge in [0, 0.05) is 6.42 Å². The van der Waals surface area contributed by atoms with Crippen LogP contribution in [0.25, 0.3) is 0 Å². The summed E-state index contributed by atoms with van der Waals surface area (Å²) in [6.45, 7) is 5.80. The first kappa shape index (κ1) is 11.8. The highest BCUT2D eigenvalue weighted by molar-refractivity contribution is 5.99. The van der Waals surface area contributed by atoms with Crippen LogP contribution in [-0.4, -0.2) is 10.9 Å². The number of phenols is 1. The molecule has 15 heavy (non-hydrogen) atoms. The first-order chi connectivity index (χ1) is 7.06. The quantitative estimate of drug-likeness (QED) is 0.767. The number of aryl methyl sites for hydroxylation is 2. The third kappa shape index (κ3) is 2.82. The maximum atomic E-state index is 11.8. The molecule has 1 aromatic rings. The molecular weight excluding hydrogens is 188 g/mol. The summed E-state index contributed by atoms with van der Waals surface area (Å²) in [5.74, 6) is 0.183. The minimum atomic E-state index is 0.0427. The van der Waals surface area contributed by atoms with Crippen molar-refractivity contribution in [2.24, 2.45) is 0 Å². The molecule has 0 amide bonds. The van der Waals surface area contributed by atoms with Gasteiger partial charge in [-0.25, -0.2) is 0 Å². The molecule has 0 aliphatic rings. The minimum Gasteiger partial charge on any atom is -0.507 e. The molecule has 0 bridgehead atoms. The lowest BCUT2D eigenvalue weighted by molar-refractivity contribution is 0.0977. The van der Waals surface area contributed by atoms with Crippen molar-refractivity contribution in [3.8, 4) is 5.75 Å². The third-order valence-electron chi connectivity index (χ3n) is 2.50. The fourth-order valence-corrected chi connectivity index (χ4v) is 1.64. The number of carbonyl (C=O) groups excluding carboxylic acids is 1. The van der Waals surface area contributed by atoms with E-state index in [2.05, 4.69) is 6.92 Å². The van der Waals surface area contributed by atoms with E-state index < -0.39 is 0 Å². The molecule has 0 aromatic heterocycles. The van der Waals surface area contributed by atoms with Gasteiger partial charge in [-0.15, -0.1) is 0 Å². The van der Waals surface area contributed by atoms with Crippen LogP contribution in [0.3, 0.4) is 0 Å². The van der Waals surface area contributed by atoms with Crippen molar-refractivity contribution in [1.82, 2.24) is 0 Å². The van der Waals surface area contributed by atoms with Crippen LogP contribution in [-0.2, 0) is 0 Å². The lowest BCUT2D eigenvalue weighted by Gasteiger charge is -2.07. The van der Waals surface area contributed by atoms with Gasteiger partial charge in [-0.2, -0.15) is 0 Å². The molecule has 1 aromatic carbocycles. The Morgan fingerprint density at radius 1 is 1.33 bits per heavy atom. The average molecular weight is 206 g/mol. The van der Waals surface area contributed by atoms with E-state index in [1.165, 1.54) is 0 Å². The van der Waals surface area contributed by atoms with Crippen LogP contribution in [0.5, 0.6) is 5.75 Å². The highest BCUT2D eigenvalue weighted by Crippen LogP contribution is 2.25. The second-order valence-electron chi connectivity index (χ2n) is 4.00. The Morgan fingerprint density at radius 2 is 2.00 bits per heavy atom. The van der Waals surface area contributed by atoms with E-state index in [9.17, 15) is 9.90 Å². The molecule has 0 heterocycles. The van der Waals surface area contributed by atoms with Gasteiger partial charge in [0.2, 0.25) is 0 Å². The first-order valence-corrected chi connectivity index (χ1v) is 5.39. The van der Waals surface area contributed by atoms with Gasteiger partial charge in [-0.05, 0) is 37.5 Å². The molecule has 1 rings (SSSR count). The van der Waals surface area contributed by atoms with Crippen LogP contribution in [0.4, 0.5) is 0 Å². The summed E-state index contributed by atoms with van der Waals surface area (Å²) in [4.78, 5) is 11.8. The predicted octanol–water partition coefficient (Wildman–Crippen LogP) is 3.38. The standard InChI is InChI=1S/C13H18O2/c1-4-5-6-12(14)11-8-9(2)7-10(3)13(11)15/h7-8,15H,4-6H2,1-3H3. The van der Waals surface area contributed by atoms with E-state index in [-0.39, 0.29) is 11.5 Å². The highest BCUT2D eigenvalue weighted by atomic mass is 16.3. The molecular formula is C13H18O2. The van der Waals surface area contributed by atoms with Crippen molar-refractivity contribution in [1.29, 1.82) is 0 Å². The second kappa shape index (κ2) is 4.96. The number of benzene rings is 1. The maximum Gasteiger partial charge on any atom is 0.166 e. The van der Waals surface area contributed by atoms with Gasteiger partial charge in [0.05, 0.1) is 5.56 Å². The molecule has 2 nitrogen and oxygen atoms in total. The fraction of sp³-hybridized carbons (Fsp3) is 0.462. The van der Waals surface area contributed by atoms with Gasteiger partial charge in [0.15, 0.2) is 5.78 Å². The molecule has 0 radical (unpaired) electrons. The van der Waals surface area contributed by atoms with Crippen molar-refractivity contribution in [2.75, 3.05) is 0 Å². The van der Waals surface area contributed by atoms with Gasteiger partial charge in [0.25, 0.3) is 0 Å². The number of ketones is 1. The second-order valence-corrected chi connectivity index (χ2v) is 4.00. The SMILES string of the molecule is CCCCC(=O)c1cc(C)cc(C)c1O. The Kier molecular flexibility index (Phi) is 3.89. The molecule has 1 N–H and O–H groups in total. The summed E-state index contributed by atoms with van der Waals surface area (Å²) >= 11 is 0. The molecule has 0 unspecified atom stereocenters. The Morgan fingerprint density at radius 3 is 2.60 bits per heavy atom. The molecule has 0 atom stereocenters. The smallest absolute Gasteiger partial charge is 0.166 e. The van der Waals surface area contributed by atoms with Crippen molar-refractivity contribution in [2.45, 2.75) is 40.0 Å². The number of aromatic hydroxyl groups is 1. The Labute approximate surface area is 90.9 Å². The Hall–Kier alpha value is -1.31. The van der Waals surface area contributed by atoms with Crippen LogP contribution in [0.15, 0.2) is 12.1 Å². The average Bonchev–Trinajstić information content (AvgIpc) is 2.19. The van der Waals surface area contributed by atoms with Crippen molar-refractivity contribution < 1.29 is 9.90 Å².